The molecule has 0 atom stereocenters. The predicted octanol–water partition coefficient (Wildman–Crippen LogP) is 4.07. The number of rotatable bonds is 8. The molecule has 3 rings (SSSR count). The lowest BCUT2D eigenvalue weighted by molar-refractivity contribution is -0.133. The number of ether oxygens (including phenoxy) is 3. The van der Waals surface area contributed by atoms with Gasteiger partial charge in [-0.2, -0.15) is 0 Å². The van der Waals surface area contributed by atoms with Gasteiger partial charge >= 0.3 is 11.9 Å². The average Bonchev–Trinajstić information content (AvgIpc) is 2.73. The molecule has 0 fully saturated rings. The Morgan fingerprint density at radius 1 is 0.714 bits per heavy atom. The van der Waals surface area contributed by atoms with Gasteiger partial charge in [0.25, 0.3) is 0 Å². The molecule has 5 heteroatoms. The quantitative estimate of drug-likeness (QED) is 0.337. The summed E-state index contributed by atoms with van der Waals surface area (Å²) in [6, 6.07) is 25.0. The molecule has 0 aliphatic heterocycles. The Morgan fingerprint density at radius 3 is 2.11 bits per heavy atom. The molecule has 0 amide bonds. The van der Waals surface area contributed by atoms with Crippen LogP contribution in [0.5, 0.6) is 11.5 Å². The molecule has 0 N–H and O–H groups in total. The zero-order valence-electron chi connectivity index (χ0n) is 15.2. The van der Waals surface area contributed by atoms with Crippen LogP contribution >= 0.6 is 0 Å². The second-order valence-electron chi connectivity index (χ2n) is 5.93. The summed E-state index contributed by atoms with van der Waals surface area (Å²) in [5.41, 5.74) is 1.04. The lowest BCUT2D eigenvalue weighted by atomic mass is 10.1. The van der Waals surface area contributed by atoms with Crippen LogP contribution in [-0.4, -0.2) is 25.2 Å². The predicted molar refractivity (Wildman–Crippen MR) is 104 cm³/mol. The van der Waals surface area contributed by atoms with E-state index in [9.17, 15) is 9.59 Å². The number of carbonyl (C=O) groups is 2. The molecule has 28 heavy (non-hydrogen) atoms. The number of benzene rings is 3. The summed E-state index contributed by atoms with van der Waals surface area (Å²) in [5.74, 6) is -0.134. The van der Waals surface area contributed by atoms with Crippen molar-refractivity contribution in [2.24, 2.45) is 0 Å². The SMILES string of the molecule is O=C(Cc1ccccc1)Oc1ccccc1C(=O)OCCOc1ccccc1. The van der Waals surface area contributed by atoms with Gasteiger partial charge in [0.15, 0.2) is 0 Å². The summed E-state index contributed by atoms with van der Waals surface area (Å²) < 4.78 is 16.1. The maximum atomic E-state index is 12.3. The van der Waals surface area contributed by atoms with Crippen LogP contribution in [0.4, 0.5) is 0 Å². The smallest absolute Gasteiger partial charge is 0.342 e. The van der Waals surface area contributed by atoms with Crippen LogP contribution in [0.1, 0.15) is 15.9 Å². The number of hydrogen-bond donors (Lipinski definition) is 0. The second kappa shape index (κ2) is 9.92. The fourth-order valence-corrected chi connectivity index (χ4v) is 2.53. The van der Waals surface area contributed by atoms with Crippen molar-refractivity contribution < 1.29 is 23.8 Å². The van der Waals surface area contributed by atoms with E-state index in [0.717, 1.165) is 5.56 Å². The van der Waals surface area contributed by atoms with Gasteiger partial charge in [0.05, 0.1) is 6.42 Å². The Balaban J connectivity index is 1.53. The summed E-state index contributed by atoms with van der Waals surface area (Å²) >= 11 is 0. The topological polar surface area (TPSA) is 61.8 Å². The lowest BCUT2D eigenvalue weighted by Crippen LogP contribution is -2.16. The van der Waals surface area contributed by atoms with E-state index < -0.39 is 11.9 Å². The van der Waals surface area contributed by atoms with Crippen LogP contribution in [0, 0.1) is 0 Å². The minimum Gasteiger partial charge on any atom is -0.490 e. The molecular weight excluding hydrogens is 356 g/mol. The standard InChI is InChI=1S/C23H20O5/c24-22(17-18-9-3-1-4-10-18)28-21-14-8-7-13-20(21)23(25)27-16-15-26-19-11-5-2-6-12-19/h1-14H,15-17H2. The molecule has 0 unspecified atom stereocenters. The highest BCUT2D eigenvalue weighted by atomic mass is 16.6. The fraction of sp³-hybridized carbons (Fsp3) is 0.130. The van der Waals surface area contributed by atoms with E-state index in [1.165, 1.54) is 0 Å². The van der Waals surface area contributed by atoms with E-state index >= 15 is 0 Å². The third kappa shape index (κ3) is 5.71. The Kier molecular flexibility index (Phi) is 6.79. The highest BCUT2D eigenvalue weighted by Gasteiger charge is 2.16. The molecule has 0 radical (unpaired) electrons. The summed E-state index contributed by atoms with van der Waals surface area (Å²) in [7, 11) is 0. The maximum Gasteiger partial charge on any atom is 0.342 e. The van der Waals surface area contributed by atoms with E-state index in [4.69, 9.17) is 14.2 Å². The molecule has 0 aromatic heterocycles. The van der Waals surface area contributed by atoms with Crippen molar-refractivity contribution in [3.8, 4) is 11.5 Å². The number of para-hydroxylation sites is 2. The Hall–Kier alpha value is -3.60. The van der Waals surface area contributed by atoms with Crippen LogP contribution in [0.2, 0.25) is 0 Å². The van der Waals surface area contributed by atoms with Crippen molar-refractivity contribution in [1.29, 1.82) is 0 Å². The first kappa shape index (κ1) is 19.2. The number of hydrogen-bond acceptors (Lipinski definition) is 5. The van der Waals surface area contributed by atoms with Crippen molar-refractivity contribution in [1.82, 2.24) is 0 Å². The molecule has 0 spiro atoms. The van der Waals surface area contributed by atoms with Crippen molar-refractivity contribution in [2.45, 2.75) is 6.42 Å². The minimum atomic E-state index is -0.570. The van der Waals surface area contributed by atoms with E-state index in [-0.39, 0.29) is 30.9 Å². The molecular formula is C23H20O5. The zero-order chi connectivity index (χ0) is 19.6. The molecule has 142 valence electrons. The fourth-order valence-electron chi connectivity index (χ4n) is 2.53. The van der Waals surface area contributed by atoms with Crippen molar-refractivity contribution >= 4 is 11.9 Å². The Morgan fingerprint density at radius 2 is 1.36 bits per heavy atom. The molecule has 0 saturated carbocycles. The van der Waals surface area contributed by atoms with Crippen LogP contribution in [0.15, 0.2) is 84.9 Å². The number of esters is 2. The van der Waals surface area contributed by atoms with Gasteiger partial charge in [0.2, 0.25) is 0 Å². The van der Waals surface area contributed by atoms with Crippen LogP contribution in [-0.2, 0) is 16.0 Å². The van der Waals surface area contributed by atoms with E-state index in [0.29, 0.717) is 5.75 Å². The summed E-state index contributed by atoms with van der Waals surface area (Å²) in [6.07, 6.45) is 0.120. The van der Waals surface area contributed by atoms with Gasteiger partial charge in [-0.1, -0.05) is 60.7 Å². The first-order valence-corrected chi connectivity index (χ1v) is 8.91. The highest BCUT2D eigenvalue weighted by Crippen LogP contribution is 2.20. The van der Waals surface area contributed by atoms with Crippen LogP contribution < -0.4 is 9.47 Å². The molecule has 3 aromatic carbocycles. The third-order valence-corrected chi connectivity index (χ3v) is 3.85. The highest BCUT2D eigenvalue weighted by molar-refractivity contribution is 5.93. The monoisotopic (exact) mass is 376 g/mol. The molecule has 5 nitrogen and oxygen atoms in total. The van der Waals surface area contributed by atoms with E-state index in [1.807, 2.05) is 60.7 Å². The largest absolute Gasteiger partial charge is 0.490 e. The van der Waals surface area contributed by atoms with Crippen LogP contribution in [0.3, 0.4) is 0 Å². The summed E-state index contributed by atoms with van der Waals surface area (Å²) in [5, 5.41) is 0. The van der Waals surface area contributed by atoms with Crippen LogP contribution in [0.25, 0.3) is 0 Å². The summed E-state index contributed by atoms with van der Waals surface area (Å²) in [6.45, 7) is 0.311. The summed E-state index contributed by atoms with van der Waals surface area (Å²) in [4.78, 5) is 24.5. The lowest BCUT2D eigenvalue weighted by Gasteiger charge is -2.11. The van der Waals surface area contributed by atoms with Gasteiger partial charge in [-0.25, -0.2) is 4.79 Å². The van der Waals surface area contributed by atoms with Crippen molar-refractivity contribution in [3.63, 3.8) is 0 Å². The molecule has 0 saturated heterocycles. The van der Waals surface area contributed by atoms with Gasteiger partial charge < -0.3 is 14.2 Å². The van der Waals surface area contributed by atoms with E-state index in [2.05, 4.69) is 0 Å². The Bertz CT molecular complexity index is 907. The molecule has 0 aliphatic carbocycles. The van der Waals surface area contributed by atoms with Gasteiger partial charge in [-0.3, -0.25) is 4.79 Å². The molecule has 0 bridgehead atoms. The molecule has 0 heterocycles. The average molecular weight is 376 g/mol. The van der Waals surface area contributed by atoms with Crippen molar-refractivity contribution in [2.75, 3.05) is 13.2 Å². The minimum absolute atomic E-state index is 0.0834. The van der Waals surface area contributed by atoms with Gasteiger partial charge in [-0.15, -0.1) is 0 Å². The van der Waals surface area contributed by atoms with Gasteiger partial charge in [0, 0.05) is 0 Å². The first-order valence-electron chi connectivity index (χ1n) is 8.91. The normalized spacial score (nSPS) is 10.1. The third-order valence-electron chi connectivity index (χ3n) is 3.85. The maximum absolute atomic E-state index is 12.3. The van der Waals surface area contributed by atoms with Gasteiger partial charge in [-0.05, 0) is 29.8 Å². The van der Waals surface area contributed by atoms with Gasteiger partial charge in [0.1, 0.15) is 30.3 Å². The number of carbonyl (C=O) groups excluding carboxylic acids is 2. The molecule has 0 aliphatic rings. The van der Waals surface area contributed by atoms with E-state index in [1.54, 1.807) is 24.3 Å². The van der Waals surface area contributed by atoms with Crippen molar-refractivity contribution in [3.05, 3.63) is 96.1 Å². The Labute approximate surface area is 163 Å². The zero-order valence-corrected chi connectivity index (χ0v) is 15.2. The second-order valence-corrected chi connectivity index (χ2v) is 5.93. The first-order chi connectivity index (χ1) is 13.7. The molecule has 3 aromatic rings.